The molecule has 0 fully saturated rings. The minimum Gasteiger partial charge on any atom is -0.484 e. The van der Waals surface area contributed by atoms with Crippen LogP contribution in [-0.2, 0) is 20.7 Å². The van der Waals surface area contributed by atoms with Gasteiger partial charge in [-0.05, 0) is 25.0 Å². The van der Waals surface area contributed by atoms with Gasteiger partial charge in [-0.1, -0.05) is 6.07 Å². The molecule has 1 aliphatic rings. The molecule has 2 N–H and O–H groups in total. The molecule has 0 spiro atoms. The lowest BCUT2D eigenvalue weighted by molar-refractivity contribution is -0.124. The number of carbonyl (C=O) groups excluding carboxylic acids is 2. The lowest BCUT2D eigenvalue weighted by atomic mass is 10.0. The van der Waals surface area contributed by atoms with Crippen LogP contribution >= 0.6 is 0 Å². The summed E-state index contributed by atoms with van der Waals surface area (Å²) in [4.78, 5) is 23.0. The largest absolute Gasteiger partial charge is 0.484 e. The number of rotatable bonds is 6. The molecule has 6 heteroatoms. The zero-order chi connectivity index (χ0) is 15.2. The highest BCUT2D eigenvalue weighted by Gasteiger charge is 2.15. The lowest BCUT2D eigenvalue weighted by Gasteiger charge is -2.18. The minimum atomic E-state index is -0.207. The molecule has 0 aromatic heterocycles. The first-order valence-corrected chi connectivity index (χ1v) is 6.92. The Morgan fingerprint density at radius 2 is 2.24 bits per heavy atom. The van der Waals surface area contributed by atoms with Crippen molar-refractivity contribution in [2.24, 2.45) is 0 Å². The fourth-order valence-corrected chi connectivity index (χ4v) is 2.20. The van der Waals surface area contributed by atoms with Gasteiger partial charge in [0.2, 0.25) is 5.91 Å². The molecule has 0 bridgehead atoms. The zero-order valence-electron chi connectivity index (χ0n) is 12.3. The van der Waals surface area contributed by atoms with Crippen LogP contribution < -0.4 is 15.4 Å². The van der Waals surface area contributed by atoms with Gasteiger partial charge in [0.25, 0.3) is 5.91 Å². The van der Waals surface area contributed by atoms with E-state index < -0.39 is 0 Å². The molecule has 0 saturated carbocycles. The summed E-state index contributed by atoms with van der Waals surface area (Å²) in [6, 6.07) is 5.41. The zero-order valence-corrected chi connectivity index (χ0v) is 12.3. The Balaban J connectivity index is 1.87. The smallest absolute Gasteiger partial charge is 0.258 e. The first-order valence-electron chi connectivity index (χ1n) is 6.92. The summed E-state index contributed by atoms with van der Waals surface area (Å²) in [6.07, 6.45) is 1.24. The Morgan fingerprint density at radius 1 is 1.43 bits per heavy atom. The van der Waals surface area contributed by atoms with Crippen molar-refractivity contribution in [3.63, 3.8) is 0 Å². The standard InChI is InChI=1S/C15H20N2O4/c1-10(8-20-2)16-15(19)9-21-12-5-3-11-4-6-14(18)17-13(11)7-12/h3,5,7,10H,4,6,8-9H2,1-2H3,(H,16,19)(H,17,18). The molecule has 1 unspecified atom stereocenters. The second kappa shape index (κ2) is 7.08. The molecule has 0 aliphatic carbocycles. The van der Waals surface area contributed by atoms with Crippen LogP contribution in [0.15, 0.2) is 18.2 Å². The van der Waals surface area contributed by atoms with E-state index >= 15 is 0 Å². The van der Waals surface area contributed by atoms with Crippen molar-refractivity contribution < 1.29 is 19.1 Å². The van der Waals surface area contributed by atoms with E-state index in [4.69, 9.17) is 9.47 Å². The molecule has 1 aliphatic heterocycles. The van der Waals surface area contributed by atoms with Gasteiger partial charge in [-0.2, -0.15) is 0 Å². The summed E-state index contributed by atoms with van der Waals surface area (Å²) in [7, 11) is 1.58. The monoisotopic (exact) mass is 292 g/mol. The van der Waals surface area contributed by atoms with Crippen molar-refractivity contribution in [1.29, 1.82) is 0 Å². The van der Waals surface area contributed by atoms with Gasteiger partial charge in [0.1, 0.15) is 5.75 Å². The van der Waals surface area contributed by atoms with E-state index in [9.17, 15) is 9.59 Å². The van der Waals surface area contributed by atoms with Crippen LogP contribution in [-0.4, -0.2) is 38.2 Å². The maximum absolute atomic E-state index is 11.7. The fraction of sp³-hybridized carbons (Fsp3) is 0.467. The van der Waals surface area contributed by atoms with E-state index in [-0.39, 0.29) is 24.5 Å². The SMILES string of the molecule is COCC(C)NC(=O)COc1ccc2c(c1)NC(=O)CC2. The fourth-order valence-electron chi connectivity index (χ4n) is 2.20. The van der Waals surface area contributed by atoms with E-state index in [1.54, 1.807) is 13.2 Å². The molecule has 0 radical (unpaired) electrons. The molecule has 1 aromatic carbocycles. The van der Waals surface area contributed by atoms with E-state index in [1.165, 1.54) is 0 Å². The van der Waals surface area contributed by atoms with Crippen LogP contribution in [0.25, 0.3) is 0 Å². The molecular weight excluding hydrogens is 272 g/mol. The van der Waals surface area contributed by atoms with Crippen LogP contribution in [0.3, 0.4) is 0 Å². The third-order valence-electron chi connectivity index (χ3n) is 3.17. The normalized spacial score (nSPS) is 14.9. The van der Waals surface area contributed by atoms with Gasteiger partial charge in [-0.3, -0.25) is 9.59 Å². The maximum Gasteiger partial charge on any atom is 0.258 e. The quantitative estimate of drug-likeness (QED) is 0.823. The topological polar surface area (TPSA) is 76.7 Å². The number of amides is 2. The Bertz CT molecular complexity index is 530. The molecule has 1 aromatic rings. The summed E-state index contributed by atoms with van der Waals surface area (Å²) in [5.74, 6) is 0.359. The van der Waals surface area contributed by atoms with E-state index in [1.807, 2.05) is 19.1 Å². The third-order valence-corrected chi connectivity index (χ3v) is 3.17. The first-order chi connectivity index (χ1) is 10.1. The number of anilines is 1. The molecular formula is C15H20N2O4. The average molecular weight is 292 g/mol. The predicted octanol–water partition coefficient (Wildman–Crippen LogP) is 1.10. The summed E-state index contributed by atoms with van der Waals surface area (Å²) in [5, 5.41) is 5.56. The van der Waals surface area contributed by atoms with Crippen LogP contribution in [0.2, 0.25) is 0 Å². The molecule has 2 rings (SSSR count). The molecule has 1 atom stereocenters. The van der Waals surface area contributed by atoms with Gasteiger partial charge in [-0.15, -0.1) is 0 Å². The Hall–Kier alpha value is -2.08. The average Bonchev–Trinajstić information content (AvgIpc) is 2.44. The van der Waals surface area contributed by atoms with E-state index in [0.29, 0.717) is 18.8 Å². The van der Waals surface area contributed by atoms with Crippen molar-refractivity contribution in [3.8, 4) is 5.75 Å². The van der Waals surface area contributed by atoms with Gasteiger partial charge >= 0.3 is 0 Å². The predicted molar refractivity (Wildman–Crippen MR) is 78.4 cm³/mol. The van der Waals surface area contributed by atoms with Crippen molar-refractivity contribution in [2.75, 3.05) is 25.6 Å². The van der Waals surface area contributed by atoms with Gasteiger partial charge < -0.3 is 20.1 Å². The highest BCUT2D eigenvalue weighted by molar-refractivity contribution is 5.94. The number of carbonyl (C=O) groups is 2. The number of aryl methyl sites for hydroxylation is 1. The van der Waals surface area contributed by atoms with E-state index in [2.05, 4.69) is 10.6 Å². The van der Waals surface area contributed by atoms with Crippen LogP contribution in [0.1, 0.15) is 18.9 Å². The molecule has 0 saturated heterocycles. The molecule has 114 valence electrons. The highest BCUT2D eigenvalue weighted by atomic mass is 16.5. The van der Waals surface area contributed by atoms with Gasteiger partial charge in [0, 0.05) is 31.3 Å². The number of hydrogen-bond donors (Lipinski definition) is 2. The Kier molecular flexibility index (Phi) is 5.16. The third kappa shape index (κ3) is 4.46. The first kappa shape index (κ1) is 15.3. The molecule has 1 heterocycles. The van der Waals surface area contributed by atoms with Crippen LogP contribution in [0.5, 0.6) is 5.75 Å². The Morgan fingerprint density at radius 3 is 3.00 bits per heavy atom. The summed E-state index contributed by atoms with van der Waals surface area (Å²) >= 11 is 0. The molecule has 6 nitrogen and oxygen atoms in total. The maximum atomic E-state index is 11.7. The van der Waals surface area contributed by atoms with Crippen molar-refractivity contribution in [3.05, 3.63) is 23.8 Å². The van der Waals surface area contributed by atoms with E-state index in [0.717, 1.165) is 17.7 Å². The van der Waals surface area contributed by atoms with Gasteiger partial charge in [0.15, 0.2) is 6.61 Å². The van der Waals surface area contributed by atoms with Crippen molar-refractivity contribution >= 4 is 17.5 Å². The summed E-state index contributed by atoms with van der Waals surface area (Å²) in [5.41, 5.74) is 1.84. The molecule has 2 amide bonds. The molecule has 21 heavy (non-hydrogen) atoms. The van der Waals surface area contributed by atoms with Gasteiger partial charge in [-0.25, -0.2) is 0 Å². The lowest BCUT2D eigenvalue weighted by Crippen LogP contribution is -2.38. The van der Waals surface area contributed by atoms with Crippen molar-refractivity contribution in [2.45, 2.75) is 25.8 Å². The second-order valence-corrected chi connectivity index (χ2v) is 5.08. The summed E-state index contributed by atoms with van der Waals surface area (Å²) < 4.78 is 10.4. The number of fused-ring (bicyclic) bond motifs is 1. The highest BCUT2D eigenvalue weighted by Crippen LogP contribution is 2.26. The van der Waals surface area contributed by atoms with Crippen LogP contribution in [0.4, 0.5) is 5.69 Å². The van der Waals surface area contributed by atoms with Gasteiger partial charge in [0.05, 0.1) is 6.61 Å². The Labute approximate surface area is 123 Å². The van der Waals surface area contributed by atoms with Crippen molar-refractivity contribution in [1.82, 2.24) is 5.32 Å². The number of benzene rings is 1. The number of methoxy groups -OCH3 is 1. The second-order valence-electron chi connectivity index (χ2n) is 5.08. The minimum absolute atomic E-state index is 0.00536. The number of ether oxygens (including phenoxy) is 2. The van der Waals surface area contributed by atoms with Crippen LogP contribution in [0, 0.1) is 0 Å². The number of hydrogen-bond acceptors (Lipinski definition) is 4. The number of nitrogens with one attached hydrogen (secondary N) is 2. The summed E-state index contributed by atoms with van der Waals surface area (Å²) in [6.45, 7) is 2.24.